The minimum absolute atomic E-state index is 0.0708. The summed E-state index contributed by atoms with van der Waals surface area (Å²) in [5.74, 6) is 0. The van der Waals surface area contributed by atoms with E-state index in [2.05, 4.69) is 57.0 Å². The van der Waals surface area contributed by atoms with Gasteiger partial charge >= 0.3 is 0 Å². The first kappa shape index (κ1) is 14.6. The fourth-order valence-corrected chi connectivity index (χ4v) is 3.01. The van der Waals surface area contributed by atoms with Gasteiger partial charge in [0.25, 0.3) is 0 Å². The summed E-state index contributed by atoms with van der Waals surface area (Å²) in [6.45, 7) is 3.99. The molecule has 2 heterocycles. The second-order valence-corrected chi connectivity index (χ2v) is 5.97. The van der Waals surface area contributed by atoms with Gasteiger partial charge in [0, 0.05) is 12.4 Å². The molecule has 1 atom stereocenters. The van der Waals surface area contributed by atoms with E-state index in [1.54, 1.807) is 0 Å². The molecule has 118 valence electrons. The van der Waals surface area contributed by atoms with Crippen molar-refractivity contribution in [2.45, 2.75) is 19.9 Å². The predicted octanol–water partition coefficient (Wildman–Crippen LogP) is 4.08. The van der Waals surface area contributed by atoms with E-state index in [1.165, 1.54) is 11.1 Å². The molecule has 1 unspecified atom stereocenters. The summed E-state index contributed by atoms with van der Waals surface area (Å²) >= 11 is 0. The van der Waals surface area contributed by atoms with Gasteiger partial charge in [-0.15, -0.1) is 0 Å². The Hall–Kier alpha value is -3.01. The fraction of sp³-hybridized carbons (Fsp3) is 0.150. The highest BCUT2D eigenvalue weighted by molar-refractivity contribution is 5.75. The molecular weight excluding hydrogens is 296 g/mol. The number of hydrogen-bond donors (Lipinski definition) is 0. The molecule has 2 aromatic heterocycles. The van der Waals surface area contributed by atoms with Crippen LogP contribution in [-0.4, -0.2) is 19.5 Å². The highest BCUT2D eigenvalue weighted by atomic mass is 15.1. The van der Waals surface area contributed by atoms with Crippen LogP contribution in [0, 0.1) is 13.8 Å². The predicted molar refractivity (Wildman–Crippen MR) is 94.9 cm³/mol. The number of benzene rings is 2. The zero-order valence-electron chi connectivity index (χ0n) is 13.7. The maximum Gasteiger partial charge on any atom is 0.0954 e. The van der Waals surface area contributed by atoms with Gasteiger partial charge in [-0.3, -0.25) is 0 Å². The van der Waals surface area contributed by atoms with Crippen molar-refractivity contribution in [2.24, 2.45) is 0 Å². The SMILES string of the molecule is Cc1nc2ccc(C(c3ccccc3)n3ccnc3)cc2nc1C. The smallest absolute Gasteiger partial charge is 0.0954 e. The molecule has 4 rings (SSSR count). The highest BCUT2D eigenvalue weighted by Gasteiger charge is 2.16. The topological polar surface area (TPSA) is 43.6 Å². The van der Waals surface area contributed by atoms with E-state index >= 15 is 0 Å². The van der Waals surface area contributed by atoms with Crippen LogP contribution in [-0.2, 0) is 0 Å². The molecular formula is C20H18N4. The molecule has 0 N–H and O–H groups in total. The molecule has 0 radical (unpaired) electrons. The van der Waals surface area contributed by atoms with Crippen LogP contribution < -0.4 is 0 Å². The standard InChI is InChI=1S/C20H18N4/c1-14-15(2)23-19-12-17(8-9-18(19)22-14)20(24-11-10-21-13-24)16-6-4-3-5-7-16/h3-13,20H,1-2H3. The van der Waals surface area contributed by atoms with Crippen LogP contribution >= 0.6 is 0 Å². The van der Waals surface area contributed by atoms with Crippen molar-refractivity contribution >= 4 is 11.0 Å². The van der Waals surface area contributed by atoms with Gasteiger partial charge in [-0.05, 0) is 37.1 Å². The molecule has 2 aromatic carbocycles. The molecule has 0 fully saturated rings. The van der Waals surface area contributed by atoms with Gasteiger partial charge in [-0.2, -0.15) is 0 Å². The number of hydrogen-bond acceptors (Lipinski definition) is 3. The Balaban J connectivity index is 1.89. The Morgan fingerprint density at radius 1 is 0.833 bits per heavy atom. The van der Waals surface area contributed by atoms with Crippen molar-refractivity contribution < 1.29 is 0 Å². The highest BCUT2D eigenvalue weighted by Crippen LogP contribution is 2.28. The number of aryl methyl sites for hydroxylation is 2. The molecule has 4 heteroatoms. The van der Waals surface area contributed by atoms with Crippen LogP contribution in [0.3, 0.4) is 0 Å². The van der Waals surface area contributed by atoms with Crippen molar-refractivity contribution in [3.8, 4) is 0 Å². The van der Waals surface area contributed by atoms with Crippen molar-refractivity contribution in [3.63, 3.8) is 0 Å². The third-order valence-corrected chi connectivity index (χ3v) is 4.35. The number of rotatable bonds is 3. The summed E-state index contributed by atoms with van der Waals surface area (Å²) in [5.41, 5.74) is 6.19. The number of fused-ring (bicyclic) bond motifs is 1. The minimum atomic E-state index is 0.0708. The third-order valence-electron chi connectivity index (χ3n) is 4.35. The van der Waals surface area contributed by atoms with E-state index in [-0.39, 0.29) is 6.04 Å². The average molecular weight is 314 g/mol. The van der Waals surface area contributed by atoms with Gasteiger partial charge in [0.2, 0.25) is 0 Å². The fourth-order valence-electron chi connectivity index (χ4n) is 3.01. The molecule has 0 saturated carbocycles. The van der Waals surface area contributed by atoms with Gasteiger partial charge < -0.3 is 4.57 Å². The Labute approximate surface area is 140 Å². The summed E-state index contributed by atoms with van der Waals surface area (Å²) in [6.07, 6.45) is 5.66. The maximum absolute atomic E-state index is 4.71. The van der Waals surface area contributed by atoms with Crippen molar-refractivity contribution in [1.29, 1.82) is 0 Å². The van der Waals surface area contributed by atoms with Gasteiger partial charge in [-0.25, -0.2) is 15.0 Å². The summed E-state index contributed by atoms with van der Waals surface area (Å²) in [5, 5.41) is 0. The quantitative estimate of drug-likeness (QED) is 0.572. The first-order chi connectivity index (χ1) is 11.7. The van der Waals surface area contributed by atoms with Crippen molar-refractivity contribution in [1.82, 2.24) is 19.5 Å². The summed E-state index contributed by atoms with van der Waals surface area (Å²) in [7, 11) is 0. The number of aromatic nitrogens is 4. The van der Waals surface area contributed by atoms with Gasteiger partial charge in [-0.1, -0.05) is 36.4 Å². The Kier molecular flexibility index (Phi) is 3.58. The molecule has 0 aliphatic carbocycles. The molecule has 4 aromatic rings. The van der Waals surface area contributed by atoms with E-state index in [0.29, 0.717) is 0 Å². The largest absolute Gasteiger partial charge is 0.326 e. The van der Waals surface area contributed by atoms with Gasteiger partial charge in [0.05, 0.1) is 34.8 Å². The lowest BCUT2D eigenvalue weighted by atomic mass is 9.98. The summed E-state index contributed by atoms with van der Waals surface area (Å²) < 4.78 is 2.12. The monoisotopic (exact) mass is 314 g/mol. The lowest BCUT2D eigenvalue weighted by molar-refractivity contribution is 0.677. The van der Waals surface area contributed by atoms with Crippen LogP contribution in [0.15, 0.2) is 67.3 Å². The lowest BCUT2D eigenvalue weighted by Gasteiger charge is -2.20. The Morgan fingerprint density at radius 2 is 1.58 bits per heavy atom. The molecule has 0 spiro atoms. The van der Waals surface area contributed by atoms with E-state index in [0.717, 1.165) is 22.4 Å². The molecule has 0 aliphatic heterocycles. The van der Waals surface area contributed by atoms with Crippen LogP contribution in [0.5, 0.6) is 0 Å². The first-order valence-electron chi connectivity index (χ1n) is 7.99. The third kappa shape index (κ3) is 2.56. The van der Waals surface area contributed by atoms with Gasteiger partial charge in [0.1, 0.15) is 0 Å². The Bertz CT molecular complexity index is 975. The molecule has 0 saturated heterocycles. The zero-order valence-corrected chi connectivity index (χ0v) is 13.7. The maximum atomic E-state index is 4.71. The first-order valence-corrected chi connectivity index (χ1v) is 7.99. The van der Waals surface area contributed by atoms with Gasteiger partial charge in [0.15, 0.2) is 0 Å². The minimum Gasteiger partial charge on any atom is -0.326 e. The molecule has 0 aliphatic rings. The van der Waals surface area contributed by atoms with E-state index < -0.39 is 0 Å². The summed E-state index contributed by atoms with van der Waals surface area (Å²) in [6, 6.07) is 16.8. The van der Waals surface area contributed by atoms with Crippen LogP contribution in [0.25, 0.3) is 11.0 Å². The number of nitrogens with zero attached hydrogens (tertiary/aromatic N) is 4. The van der Waals surface area contributed by atoms with E-state index in [4.69, 9.17) is 4.98 Å². The average Bonchev–Trinajstić information content (AvgIpc) is 3.11. The second kappa shape index (κ2) is 5.89. The van der Waals surface area contributed by atoms with Crippen molar-refractivity contribution in [2.75, 3.05) is 0 Å². The van der Waals surface area contributed by atoms with E-state index in [9.17, 15) is 0 Å². The van der Waals surface area contributed by atoms with Crippen molar-refractivity contribution in [3.05, 3.63) is 89.8 Å². The van der Waals surface area contributed by atoms with E-state index in [1.807, 2.05) is 38.6 Å². The van der Waals surface area contributed by atoms with Crippen LogP contribution in [0.1, 0.15) is 28.6 Å². The zero-order chi connectivity index (χ0) is 16.5. The normalized spacial score (nSPS) is 12.4. The second-order valence-electron chi connectivity index (χ2n) is 5.97. The number of imidazole rings is 1. The molecule has 0 bridgehead atoms. The Morgan fingerprint density at radius 3 is 2.29 bits per heavy atom. The lowest BCUT2D eigenvalue weighted by Crippen LogP contribution is -2.10. The summed E-state index contributed by atoms with van der Waals surface area (Å²) in [4.78, 5) is 13.6. The molecule has 0 amide bonds. The van der Waals surface area contributed by atoms with Crippen LogP contribution in [0.2, 0.25) is 0 Å². The molecule has 4 nitrogen and oxygen atoms in total. The molecule has 24 heavy (non-hydrogen) atoms. The van der Waals surface area contributed by atoms with Crippen LogP contribution in [0.4, 0.5) is 0 Å².